The van der Waals surface area contributed by atoms with E-state index in [2.05, 4.69) is 32.0 Å². The number of benzene rings is 1. The van der Waals surface area contributed by atoms with E-state index in [9.17, 15) is 4.79 Å². The summed E-state index contributed by atoms with van der Waals surface area (Å²) in [6.07, 6.45) is 2.62. The van der Waals surface area contributed by atoms with Crippen LogP contribution >= 0.6 is 0 Å². The van der Waals surface area contributed by atoms with E-state index in [1.165, 1.54) is 18.2 Å². The fourth-order valence-electron chi connectivity index (χ4n) is 2.58. The fourth-order valence-corrected chi connectivity index (χ4v) is 2.58. The number of hydrogen-bond acceptors (Lipinski definition) is 3. The van der Waals surface area contributed by atoms with Crippen LogP contribution in [0, 0.1) is 5.41 Å². The Labute approximate surface area is 122 Å². The Bertz CT molecular complexity index is 466. The van der Waals surface area contributed by atoms with Gasteiger partial charge in [0.05, 0.1) is 12.5 Å². The van der Waals surface area contributed by atoms with Crippen molar-refractivity contribution in [1.82, 2.24) is 0 Å². The molecule has 1 atom stereocenters. The molecule has 3 nitrogen and oxygen atoms in total. The van der Waals surface area contributed by atoms with Gasteiger partial charge in [-0.2, -0.15) is 0 Å². The molecule has 0 bridgehead atoms. The molecule has 0 aliphatic heterocycles. The topological polar surface area (TPSA) is 52.3 Å². The number of carbonyl (C=O) groups is 1. The zero-order chi connectivity index (χ0) is 15.3. The van der Waals surface area contributed by atoms with Crippen LogP contribution in [0.1, 0.15) is 56.8 Å². The molecule has 0 amide bonds. The van der Waals surface area contributed by atoms with Crippen LogP contribution in [0.25, 0.3) is 0 Å². The highest BCUT2D eigenvalue weighted by Gasteiger charge is 2.31. The zero-order valence-electron chi connectivity index (χ0n) is 13.3. The molecule has 0 aliphatic carbocycles. The first-order chi connectivity index (χ1) is 9.35. The Morgan fingerprint density at radius 2 is 1.85 bits per heavy atom. The van der Waals surface area contributed by atoms with Crippen LogP contribution in [0.5, 0.6) is 0 Å². The normalized spacial score (nSPS) is 13.1. The standard InChI is InChI=1S/C17H27NO2/c1-6-12-8-9-14(10-13(12)7-2)15(18)11-17(3,4)16(19)20-5/h8-10,15H,6-7,11,18H2,1-5H3. The van der Waals surface area contributed by atoms with Gasteiger partial charge in [-0.15, -0.1) is 0 Å². The average molecular weight is 277 g/mol. The molecule has 0 radical (unpaired) electrons. The molecule has 0 saturated heterocycles. The molecule has 0 heterocycles. The van der Waals surface area contributed by atoms with Gasteiger partial charge in [-0.3, -0.25) is 4.79 Å². The van der Waals surface area contributed by atoms with Crippen molar-refractivity contribution in [2.75, 3.05) is 7.11 Å². The number of hydrogen-bond donors (Lipinski definition) is 1. The predicted molar refractivity (Wildman–Crippen MR) is 82.5 cm³/mol. The van der Waals surface area contributed by atoms with Crippen LogP contribution in [0.4, 0.5) is 0 Å². The molecule has 0 aromatic heterocycles. The summed E-state index contributed by atoms with van der Waals surface area (Å²) in [6.45, 7) is 8.07. The molecule has 112 valence electrons. The lowest BCUT2D eigenvalue weighted by Gasteiger charge is -2.25. The average Bonchev–Trinajstić information content (AvgIpc) is 2.44. The van der Waals surface area contributed by atoms with Crippen LogP contribution < -0.4 is 5.73 Å². The van der Waals surface area contributed by atoms with E-state index < -0.39 is 5.41 Å². The molecule has 2 N–H and O–H groups in total. The van der Waals surface area contributed by atoms with E-state index >= 15 is 0 Å². The van der Waals surface area contributed by atoms with Gasteiger partial charge < -0.3 is 10.5 Å². The second-order valence-electron chi connectivity index (χ2n) is 5.92. The molecule has 0 spiro atoms. The molecular formula is C17H27NO2. The minimum Gasteiger partial charge on any atom is -0.469 e. The lowest BCUT2D eigenvalue weighted by atomic mass is 9.83. The Hall–Kier alpha value is -1.35. The lowest BCUT2D eigenvalue weighted by molar-refractivity contribution is -0.151. The smallest absolute Gasteiger partial charge is 0.311 e. The van der Waals surface area contributed by atoms with Crippen molar-refractivity contribution >= 4 is 5.97 Å². The number of methoxy groups -OCH3 is 1. The van der Waals surface area contributed by atoms with E-state index in [1.54, 1.807) is 0 Å². The molecule has 0 aliphatic rings. The summed E-state index contributed by atoms with van der Waals surface area (Å²) in [5, 5.41) is 0. The maximum atomic E-state index is 11.7. The van der Waals surface area contributed by atoms with Gasteiger partial charge in [-0.1, -0.05) is 32.0 Å². The Balaban J connectivity index is 2.92. The molecule has 3 heteroatoms. The van der Waals surface area contributed by atoms with E-state index in [0.717, 1.165) is 18.4 Å². The predicted octanol–water partition coefficient (Wildman–Crippen LogP) is 3.40. The summed E-state index contributed by atoms with van der Waals surface area (Å²) < 4.78 is 4.84. The van der Waals surface area contributed by atoms with Gasteiger partial charge in [-0.05, 0) is 49.8 Å². The van der Waals surface area contributed by atoms with Crippen LogP contribution in [0.2, 0.25) is 0 Å². The molecule has 1 aromatic rings. The molecule has 20 heavy (non-hydrogen) atoms. The minimum atomic E-state index is -0.566. The van der Waals surface area contributed by atoms with Gasteiger partial charge >= 0.3 is 5.97 Å². The van der Waals surface area contributed by atoms with Crippen LogP contribution in [0.15, 0.2) is 18.2 Å². The van der Waals surface area contributed by atoms with Crippen molar-refractivity contribution in [3.05, 3.63) is 34.9 Å². The monoisotopic (exact) mass is 277 g/mol. The fraction of sp³-hybridized carbons (Fsp3) is 0.588. The van der Waals surface area contributed by atoms with Crippen molar-refractivity contribution in [2.24, 2.45) is 11.1 Å². The van der Waals surface area contributed by atoms with Crippen molar-refractivity contribution in [2.45, 2.75) is 53.0 Å². The maximum Gasteiger partial charge on any atom is 0.311 e. The van der Waals surface area contributed by atoms with Crippen LogP contribution in [0.3, 0.4) is 0 Å². The highest BCUT2D eigenvalue weighted by atomic mass is 16.5. The van der Waals surface area contributed by atoms with Gasteiger partial charge in [0.1, 0.15) is 0 Å². The summed E-state index contributed by atoms with van der Waals surface area (Å²) in [6, 6.07) is 6.26. The van der Waals surface area contributed by atoms with Crippen molar-refractivity contribution in [3.8, 4) is 0 Å². The van der Waals surface area contributed by atoms with Gasteiger partial charge in [0, 0.05) is 6.04 Å². The second kappa shape index (κ2) is 6.89. The SMILES string of the molecule is CCc1ccc(C(N)CC(C)(C)C(=O)OC)cc1CC. The first kappa shape index (κ1) is 16.7. The van der Waals surface area contributed by atoms with E-state index in [1.807, 2.05) is 13.8 Å². The van der Waals surface area contributed by atoms with Crippen molar-refractivity contribution < 1.29 is 9.53 Å². The van der Waals surface area contributed by atoms with Gasteiger partial charge in [0.2, 0.25) is 0 Å². The second-order valence-corrected chi connectivity index (χ2v) is 5.92. The van der Waals surface area contributed by atoms with Gasteiger partial charge in [0.15, 0.2) is 0 Å². The largest absolute Gasteiger partial charge is 0.469 e. The maximum absolute atomic E-state index is 11.7. The first-order valence-corrected chi connectivity index (χ1v) is 7.31. The zero-order valence-corrected chi connectivity index (χ0v) is 13.3. The van der Waals surface area contributed by atoms with Crippen LogP contribution in [-0.4, -0.2) is 13.1 Å². The number of esters is 1. The summed E-state index contributed by atoms with van der Waals surface area (Å²) in [7, 11) is 1.42. The molecule has 0 saturated carbocycles. The first-order valence-electron chi connectivity index (χ1n) is 7.31. The Morgan fingerprint density at radius 3 is 2.35 bits per heavy atom. The number of rotatable bonds is 6. The summed E-state index contributed by atoms with van der Waals surface area (Å²) in [5.41, 5.74) is 9.52. The van der Waals surface area contributed by atoms with Crippen molar-refractivity contribution in [3.63, 3.8) is 0 Å². The number of nitrogens with two attached hydrogens (primary N) is 1. The Kier molecular flexibility index (Phi) is 5.75. The van der Waals surface area contributed by atoms with E-state index in [-0.39, 0.29) is 12.0 Å². The molecule has 1 rings (SSSR count). The summed E-state index contributed by atoms with van der Waals surface area (Å²) >= 11 is 0. The van der Waals surface area contributed by atoms with E-state index in [4.69, 9.17) is 10.5 Å². The highest BCUT2D eigenvalue weighted by Crippen LogP contribution is 2.30. The van der Waals surface area contributed by atoms with Crippen LogP contribution in [-0.2, 0) is 22.4 Å². The molecule has 0 fully saturated rings. The Morgan fingerprint density at radius 1 is 1.25 bits per heavy atom. The minimum absolute atomic E-state index is 0.152. The molecular weight excluding hydrogens is 250 g/mol. The third-order valence-electron chi connectivity index (χ3n) is 3.89. The summed E-state index contributed by atoms with van der Waals surface area (Å²) in [4.78, 5) is 11.7. The molecule has 1 aromatic carbocycles. The third-order valence-corrected chi connectivity index (χ3v) is 3.89. The quantitative estimate of drug-likeness (QED) is 0.811. The number of carbonyl (C=O) groups excluding carboxylic acids is 1. The van der Waals surface area contributed by atoms with Crippen molar-refractivity contribution in [1.29, 1.82) is 0 Å². The van der Waals surface area contributed by atoms with Gasteiger partial charge in [-0.25, -0.2) is 0 Å². The van der Waals surface area contributed by atoms with Gasteiger partial charge in [0.25, 0.3) is 0 Å². The molecule has 1 unspecified atom stereocenters. The van der Waals surface area contributed by atoms with E-state index in [0.29, 0.717) is 6.42 Å². The highest BCUT2D eigenvalue weighted by molar-refractivity contribution is 5.75. The third kappa shape index (κ3) is 3.83. The summed E-state index contributed by atoms with van der Waals surface area (Å²) in [5.74, 6) is -0.214. The number of aryl methyl sites for hydroxylation is 2. The lowest BCUT2D eigenvalue weighted by Crippen LogP contribution is -2.30. The number of ether oxygens (including phenoxy) is 1.